The Hall–Kier alpha value is -0.820. The first-order chi connectivity index (χ1) is 6.77. The maximum atomic E-state index is 9.91. The molecule has 1 saturated carbocycles. The monoisotopic (exact) mass is 190 g/mol. The smallest absolute Gasteiger partial charge is 0.0608 e. The number of aliphatic hydroxyl groups is 1. The first-order valence-corrected chi connectivity index (χ1v) is 5.52. The molecule has 1 nitrogen and oxygen atoms in total. The Morgan fingerprint density at radius 2 is 2.00 bits per heavy atom. The summed E-state index contributed by atoms with van der Waals surface area (Å²) >= 11 is 0. The first-order valence-electron chi connectivity index (χ1n) is 5.52. The van der Waals surface area contributed by atoms with Crippen molar-refractivity contribution in [3.8, 4) is 0 Å². The highest BCUT2D eigenvalue weighted by Gasteiger charge is 2.24. The van der Waals surface area contributed by atoms with Crippen LogP contribution in [0.1, 0.15) is 42.7 Å². The van der Waals surface area contributed by atoms with Crippen LogP contribution < -0.4 is 0 Å². The molecule has 2 atom stereocenters. The predicted octanol–water partition coefficient (Wildman–Crippen LogP) is 3.01. The van der Waals surface area contributed by atoms with Crippen LogP contribution in [0.5, 0.6) is 0 Å². The molecule has 0 radical (unpaired) electrons. The van der Waals surface area contributed by atoms with Gasteiger partial charge in [0.15, 0.2) is 0 Å². The molecule has 1 N–H and O–H groups in total. The van der Waals surface area contributed by atoms with Gasteiger partial charge < -0.3 is 5.11 Å². The van der Waals surface area contributed by atoms with Crippen molar-refractivity contribution in [1.82, 2.24) is 0 Å². The van der Waals surface area contributed by atoms with Gasteiger partial charge in [-0.3, -0.25) is 0 Å². The van der Waals surface area contributed by atoms with Gasteiger partial charge in [-0.05, 0) is 25.3 Å². The maximum Gasteiger partial charge on any atom is 0.0608 e. The lowest BCUT2D eigenvalue weighted by molar-refractivity contribution is 0.106. The van der Waals surface area contributed by atoms with Crippen molar-refractivity contribution < 1.29 is 5.11 Å². The van der Waals surface area contributed by atoms with Crippen LogP contribution >= 0.6 is 0 Å². The molecule has 0 heterocycles. The summed E-state index contributed by atoms with van der Waals surface area (Å²) in [5.74, 6) is 0.378. The molecule has 1 aromatic carbocycles. The van der Waals surface area contributed by atoms with Crippen molar-refractivity contribution in [2.75, 3.05) is 0 Å². The lowest BCUT2D eigenvalue weighted by atomic mass is 9.81. The number of aliphatic hydroxyl groups excluding tert-OH is 1. The Bertz CT molecular complexity index is 306. The van der Waals surface area contributed by atoms with Crippen molar-refractivity contribution in [3.63, 3.8) is 0 Å². The summed E-state index contributed by atoms with van der Waals surface area (Å²) in [6.07, 6.45) is 4.44. The van der Waals surface area contributed by atoms with Gasteiger partial charge in [0.25, 0.3) is 0 Å². The van der Waals surface area contributed by atoms with E-state index in [-0.39, 0.29) is 6.10 Å². The molecule has 0 bridgehead atoms. The van der Waals surface area contributed by atoms with Crippen LogP contribution in [0.25, 0.3) is 0 Å². The van der Waals surface area contributed by atoms with Crippen LogP contribution in [0, 0.1) is 6.92 Å². The lowest BCUT2D eigenvalue weighted by Gasteiger charge is -2.28. The van der Waals surface area contributed by atoms with Crippen LogP contribution in [-0.2, 0) is 0 Å². The summed E-state index contributed by atoms with van der Waals surface area (Å²) in [6, 6.07) is 8.55. The second kappa shape index (κ2) is 4.14. The number of hydrogen-bond acceptors (Lipinski definition) is 1. The van der Waals surface area contributed by atoms with Gasteiger partial charge in [-0.25, -0.2) is 0 Å². The highest BCUT2D eigenvalue weighted by atomic mass is 16.3. The molecular formula is C13H18O. The second-order valence-electron chi connectivity index (χ2n) is 4.37. The average molecular weight is 190 g/mol. The van der Waals surface area contributed by atoms with Crippen molar-refractivity contribution >= 4 is 0 Å². The minimum Gasteiger partial charge on any atom is -0.392 e. The van der Waals surface area contributed by atoms with Crippen LogP contribution in [0.2, 0.25) is 0 Å². The Kier molecular flexibility index (Phi) is 2.87. The van der Waals surface area contributed by atoms with Crippen LogP contribution in [0.4, 0.5) is 0 Å². The van der Waals surface area contributed by atoms with E-state index in [0.717, 1.165) is 12.8 Å². The molecule has 1 heteroatoms. The molecule has 0 aromatic heterocycles. The van der Waals surface area contributed by atoms with E-state index in [0.29, 0.717) is 5.92 Å². The number of hydrogen-bond donors (Lipinski definition) is 1. The number of rotatable bonds is 1. The number of aryl methyl sites for hydroxylation is 1. The Balaban J connectivity index is 2.20. The lowest BCUT2D eigenvalue weighted by Crippen LogP contribution is -2.22. The molecule has 14 heavy (non-hydrogen) atoms. The fraction of sp³-hybridized carbons (Fsp3) is 0.538. The van der Waals surface area contributed by atoms with E-state index in [1.54, 1.807) is 0 Å². The quantitative estimate of drug-likeness (QED) is 0.721. The van der Waals surface area contributed by atoms with E-state index in [4.69, 9.17) is 0 Å². The fourth-order valence-electron chi connectivity index (χ4n) is 2.40. The van der Waals surface area contributed by atoms with Gasteiger partial charge >= 0.3 is 0 Å². The highest BCUT2D eigenvalue weighted by Crippen LogP contribution is 2.33. The normalized spacial score (nSPS) is 27.6. The summed E-state index contributed by atoms with van der Waals surface area (Å²) < 4.78 is 0. The highest BCUT2D eigenvalue weighted by molar-refractivity contribution is 5.26. The first kappa shape index (κ1) is 9.72. The summed E-state index contributed by atoms with van der Waals surface area (Å²) in [7, 11) is 0. The molecule has 0 aliphatic heterocycles. The summed E-state index contributed by atoms with van der Waals surface area (Å²) in [5.41, 5.74) is 2.61. The molecule has 2 rings (SSSR count). The minimum atomic E-state index is -0.120. The van der Waals surface area contributed by atoms with E-state index >= 15 is 0 Å². The summed E-state index contributed by atoms with van der Waals surface area (Å²) in [5, 5.41) is 9.91. The number of benzene rings is 1. The average Bonchev–Trinajstić information content (AvgIpc) is 2.18. The Labute approximate surface area is 85.8 Å². The van der Waals surface area contributed by atoms with Crippen molar-refractivity contribution in [2.45, 2.75) is 44.6 Å². The van der Waals surface area contributed by atoms with Gasteiger partial charge in [-0.1, -0.05) is 42.7 Å². The zero-order chi connectivity index (χ0) is 9.97. The van der Waals surface area contributed by atoms with Crippen LogP contribution in [-0.4, -0.2) is 11.2 Å². The van der Waals surface area contributed by atoms with E-state index in [9.17, 15) is 5.11 Å². The van der Waals surface area contributed by atoms with Gasteiger partial charge in [0, 0.05) is 5.92 Å². The summed E-state index contributed by atoms with van der Waals surface area (Å²) in [4.78, 5) is 0. The standard InChI is InChI=1S/C13H18O/c1-10-5-4-6-11(9-10)12-7-2-3-8-13(12)14/h4-6,9,12-14H,2-3,7-8H2,1H3/t12-,13-/m1/s1. The molecule has 1 aliphatic carbocycles. The largest absolute Gasteiger partial charge is 0.392 e. The van der Waals surface area contributed by atoms with E-state index in [1.165, 1.54) is 24.0 Å². The zero-order valence-electron chi connectivity index (χ0n) is 8.74. The van der Waals surface area contributed by atoms with E-state index in [1.807, 2.05) is 0 Å². The molecule has 0 amide bonds. The van der Waals surface area contributed by atoms with Crippen molar-refractivity contribution in [1.29, 1.82) is 0 Å². The molecule has 76 valence electrons. The predicted molar refractivity (Wildman–Crippen MR) is 58.4 cm³/mol. The summed E-state index contributed by atoms with van der Waals surface area (Å²) in [6.45, 7) is 2.11. The molecule has 1 fully saturated rings. The zero-order valence-corrected chi connectivity index (χ0v) is 8.74. The second-order valence-corrected chi connectivity index (χ2v) is 4.37. The molecule has 0 spiro atoms. The third kappa shape index (κ3) is 1.98. The molecule has 0 saturated heterocycles. The van der Waals surface area contributed by atoms with Gasteiger partial charge in [-0.2, -0.15) is 0 Å². The maximum absolute atomic E-state index is 9.91. The third-order valence-electron chi connectivity index (χ3n) is 3.20. The van der Waals surface area contributed by atoms with E-state index in [2.05, 4.69) is 31.2 Å². The van der Waals surface area contributed by atoms with Crippen LogP contribution in [0.3, 0.4) is 0 Å². The molecule has 1 aliphatic rings. The minimum absolute atomic E-state index is 0.120. The Morgan fingerprint density at radius 3 is 2.71 bits per heavy atom. The van der Waals surface area contributed by atoms with Crippen molar-refractivity contribution in [3.05, 3.63) is 35.4 Å². The van der Waals surface area contributed by atoms with Gasteiger partial charge in [0.05, 0.1) is 6.10 Å². The molecule has 1 aromatic rings. The Morgan fingerprint density at radius 1 is 1.21 bits per heavy atom. The topological polar surface area (TPSA) is 20.2 Å². The van der Waals surface area contributed by atoms with Gasteiger partial charge in [0.1, 0.15) is 0 Å². The van der Waals surface area contributed by atoms with Gasteiger partial charge in [0.2, 0.25) is 0 Å². The van der Waals surface area contributed by atoms with Gasteiger partial charge in [-0.15, -0.1) is 0 Å². The molecular weight excluding hydrogens is 172 g/mol. The fourth-order valence-corrected chi connectivity index (χ4v) is 2.40. The van der Waals surface area contributed by atoms with Crippen LogP contribution in [0.15, 0.2) is 24.3 Å². The van der Waals surface area contributed by atoms with Crippen molar-refractivity contribution in [2.24, 2.45) is 0 Å². The molecule has 0 unspecified atom stereocenters. The van der Waals surface area contributed by atoms with E-state index < -0.39 is 0 Å². The third-order valence-corrected chi connectivity index (χ3v) is 3.20. The SMILES string of the molecule is Cc1cccc([C@H]2CCCC[C@H]2O)c1.